The highest BCUT2D eigenvalue weighted by atomic mass is 127. The summed E-state index contributed by atoms with van der Waals surface area (Å²) in [5.74, 6) is 0. The Morgan fingerprint density at radius 2 is 1.85 bits per heavy atom. The van der Waals surface area contributed by atoms with Gasteiger partial charge in [-0.1, -0.05) is 37.5 Å². The van der Waals surface area contributed by atoms with Crippen LogP contribution in [0, 0.1) is 3.57 Å². The van der Waals surface area contributed by atoms with E-state index in [0.29, 0.717) is 6.04 Å². The highest BCUT2D eigenvalue weighted by Crippen LogP contribution is 2.32. The first-order valence-electron chi connectivity index (χ1n) is 7.38. The number of para-hydroxylation sites is 1. The molecule has 0 N–H and O–H groups in total. The van der Waals surface area contributed by atoms with Gasteiger partial charge in [-0.15, -0.1) is 11.3 Å². The number of halogens is 1. The third-order valence-corrected chi connectivity index (χ3v) is 5.86. The molecule has 106 valence electrons. The van der Waals surface area contributed by atoms with Crippen LogP contribution in [-0.2, 0) is 6.54 Å². The van der Waals surface area contributed by atoms with E-state index in [2.05, 4.69) is 69.3 Å². The lowest BCUT2D eigenvalue weighted by Crippen LogP contribution is -2.36. The molecule has 2 aromatic rings. The van der Waals surface area contributed by atoms with Crippen LogP contribution in [0.2, 0.25) is 0 Å². The van der Waals surface area contributed by atoms with Crippen molar-refractivity contribution in [3.63, 3.8) is 0 Å². The number of thiophene rings is 1. The molecule has 0 spiro atoms. The van der Waals surface area contributed by atoms with Gasteiger partial charge in [0.15, 0.2) is 0 Å². The van der Waals surface area contributed by atoms with Gasteiger partial charge in [-0.2, -0.15) is 0 Å². The van der Waals surface area contributed by atoms with Gasteiger partial charge in [0.05, 0.1) is 12.2 Å². The predicted octanol–water partition coefficient (Wildman–Crippen LogP) is 5.69. The second-order valence-electron chi connectivity index (χ2n) is 5.45. The third kappa shape index (κ3) is 3.37. The van der Waals surface area contributed by atoms with Gasteiger partial charge >= 0.3 is 0 Å². The molecule has 1 aromatic carbocycles. The summed E-state index contributed by atoms with van der Waals surface area (Å²) in [7, 11) is 0. The minimum absolute atomic E-state index is 0.710. The summed E-state index contributed by atoms with van der Waals surface area (Å²) in [4.78, 5) is 4.11. The van der Waals surface area contributed by atoms with E-state index in [-0.39, 0.29) is 0 Å². The van der Waals surface area contributed by atoms with Crippen LogP contribution in [0.15, 0.2) is 41.8 Å². The normalized spacial score (nSPS) is 16.2. The van der Waals surface area contributed by atoms with Gasteiger partial charge in [0.25, 0.3) is 0 Å². The molecule has 1 heterocycles. The van der Waals surface area contributed by atoms with E-state index in [1.807, 2.05) is 11.3 Å². The number of hydrogen-bond acceptors (Lipinski definition) is 2. The van der Waals surface area contributed by atoms with E-state index < -0.39 is 0 Å². The maximum absolute atomic E-state index is 2.65. The Morgan fingerprint density at radius 3 is 2.55 bits per heavy atom. The van der Waals surface area contributed by atoms with Crippen LogP contribution in [0.5, 0.6) is 0 Å². The molecule has 0 amide bonds. The van der Waals surface area contributed by atoms with Gasteiger partial charge in [-0.25, -0.2) is 0 Å². The smallest absolute Gasteiger partial charge is 0.0526 e. The lowest BCUT2D eigenvalue weighted by molar-refractivity contribution is 0.413. The number of rotatable bonds is 4. The Balaban J connectivity index is 1.88. The van der Waals surface area contributed by atoms with Crippen molar-refractivity contribution in [3.8, 4) is 0 Å². The number of anilines is 1. The Bertz CT molecular complexity index is 532. The van der Waals surface area contributed by atoms with Crippen molar-refractivity contribution < 1.29 is 0 Å². The van der Waals surface area contributed by atoms with Crippen molar-refractivity contribution in [1.82, 2.24) is 0 Å². The number of nitrogens with zero attached hydrogens (tertiary/aromatic N) is 1. The lowest BCUT2D eigenvalue weighted by atomic mass is 9.93. The molecule has 1 aliphatic rings. The van der Waals surface area contributed by atoms with Crippen molar-refractivity contribution in [2.75, 3.05) is 4.90 Å². The quantitative estimate of drug-likeness (QED) is 0.599. The van der Waals surface area contributed by atoms with Crippen molar-refractivity contribution in [1.29, 1.82) is 0 Å². The number of hydrogen-bond donors (Lipinski definition) is 0. The zero-order chi connectivity index (χ0) is 13.8. The van der Waals surface area contributed by atoms with Crippen LogP contribution in [0.4, 0.5) is 5.69 Å². The third-order valence-electron chi connectivity index (χ3n) is 4.08. The summed E-state index contributed by atoms with van der Waals surface area (Å²) in [6.45, 7) is 1.06. The first-order chi connectivity index (χ1) is 9.84. The van der Waals surface area contributed by atoms with Crippen molar-refractivity contribution in [3.05, 3.63) is 50.2 Å². The molecule has 0 unspecified atom stereocenters. The van der Waals surface area contributed by atoms with E-state index in [9.17, 15) is 0 Å². The summed E-state index contributed by atoms with van der Waals surface area (Å²) in [5.41, 5.74) is 1.41. The highest BCUT2D eigenvalue weighted by molar-refractivity contribution is 14.1. The average molecular weight is 397 g/mol. The fourth-order valence-electron chi connectivity index (χ4n) is 3.06. The Kier molecular flexibility index (Phi) is 4.99. The molecule has 3 rings (SSSR count). The van der Waals surface area contributed by atoms with Gasteiger partial charge in [0.1, 0.15) is 0 Å². The molecule has 0 aliphatic heterocycles. The standard InChI is InChI=1S/C17H20INS/c18-16-10-4-5-11-17(16)19(13-15-9-6-12-20-15)14-7-2-1-3-8-14/h4-6,9-12,14H,1-3,7-8,13H2. The fourth-order valence-corrected chi connectivity index (χ4v) is 4.46. The minimum Gasteiger partial charge on any atom is -0.363 e. The first-order valence-corrected chi connectivity index (χ1v) is 9.34. The van der Waals surface area contributed by atoms with E-state index in [0.717, 1.165) is 6.54 Å². The van der Waals surface area contributed by atoms with Crippen LogP contribution in [-0.4, -0.2) is 6.04 Å². The maximum Gasteiger partial charge on any atom is 0.0526 e. The lowest BCUT2D eigenvalue weighted by Gasteiger charge is -2.36. The zero-order valence-electron chi connectivity index (χ0n) is 11.6. The van der Waals surface area contributed by atoms with Crippen LogP contribution in [0.3, 0.4) is 0 Å². The minimum atomic E-state index is 0.710. The molecular formula is C17H20INS. The summed E-state index contributed by atoms with van der Waals surface area (Å²) < 4.78 is 1.37. The SMILES string of the molecule is Ic1ccccc1N(Cc1cccs1)C1CCCCC1. The molecule has 1 aromatic heterocycles. The molecule has 3 heteroatoms. The summed E-state index contributed by atoms with van der Waals surface area (Å²) >= 11 is 4.35. The fraction of sp³-hybridized carbons (Fsp3) is 0.412. The summed E-state index contributed by atoms with van der Waals surface area (Å²) in [5, 5.41) is 2.18. The van der Waals surface area contributed by atoms with Gasteiger partial charge in [0, 0.05) is 14.5 Å². The maximum atomic E-state index is 2.65. The van der Waals surface area contributed by atoms with Gasteiger partial charge in [-0.3, -0.25) is 0 Å². The molecule has 1 nitrogen and oxygen atoms in total. The molecule has 0 radical (unpaired) electrons. The summed E-state index contributed by atoms with van der Waals surface area (Å²) in [6.07, 6.45) is 6.87. The number of benzene rings is 1. The van der Waals surface area contributed by atoms with Gasteiger partial charge < -0.3 is 4.90 Å². The molecular weight excluding hydrogens is 377 g/mol. The Labute approximate surface area is 139 Å². The van der Waals surface area contributed by atoms with Crippen LogP contribution in [0.1, 0.15) is 37.0 Å². The second-order valence-corrected chi connectivity index (χ2v) is 7.64. The van der Waals surface area contributed by atoms with Crippen molar-refractivity contribution >= 4 is 39.6 Å². The van der Waals surface area contributed by atoms with Crippen LogP contribution in [0.25, 0.3) is 0 Å². The monoisotopic (exact) mass is 397 g/mol. The summed E-state index contributed by atoms with van der Waals surface area (Å²) in [6, 6.07) is 13.9. The molecule has 0 bridgehead atoms. The average Bonchev–Trinajstić information content (AvgIpc) is 3.00. The van der Waals surface area contributed by atoms with E-state index in [1.54, 1.807) is 0 Å². The second kappa shape index (κ2) is 6.94. The zero-order valence-corrected chi connectivity index (χ0v) is 14.6. The van der Waals surface area contributed by atoms with Gasteiger partial charge in [0.2, 0.25) is 0 Å². The molecule has 0 atom stereocenters. The van der Waals surface area contributed by atoms with Gasteiger partial charge in [-0.05, 0) is 59.0 Å². The Hall–Kier alpha value is -0.550. The predicted molar refractivity (Wildman–Crippen MR) is 96.5 cm³/mol. The molecule has 20 heavy (non-hydrogen) atoms. The largest absolute Gasteiger partial charge is 0.363 e. The molecule has 0 saturated heterocycles. The van der Waals surface area contributed by atoms with Crippen molar-refractivity contribution in [2.45, 2.75) is 44.7 Å². The first kappa shape index (κ1) is 14.4. The highest BCUT2D eigenvalue weighted by Gasteiger charge is 2.23. The molecule has 1 saturated carbocycles. The van der Waals surface area contributed by atoms with E-state index in [1.165, 1.54) is 46.2 Å². The van der Waals surface area contributed by atoms with Crippen LogP contribution < -0.4 is 4.90 Å². The van der Waals surface area contributed by atoms with Crippen molar-refractivity contribution in [2.24, 2.45) is 0 Å². The van der Waals surface area contributed by atoms with E-state index in [4.69, 9.17) is 0 Å². The molecule has 1 fully saturated rings. The van der Waals surface area contributed by atoms with E-state index >= 15 is 0 Å². The Morgan fingerprint density at radius 1 is 1.05 bits per heavy atom. The molecule has 1 aliphatic carbocycles. The van der Waals surface area contributed by atoms with Crippen LogP contribution >= 0.6 is 33.9 Å². The topological polar surface area (TPSA) is 3.24 Å².